The van der Waals surface area contributed by atoms with Crippen LogP contribution in [0, 0.1) is 6.92 Å². The molecule has 2 aromatic carbocycles. The van der Waals surface area contributed by atoms with E-state index in [0.717, 1.165) is 22.3 Å². The van der Waals surface area contributed by atoms with Crippen LogP contribution >= 0.6 is 0 Å². The molecule has 31 heavy (non-hydrogen) atoms. The van der Waals surface area contributed by atoms with Crippen molar-refractivity contribution in [3.05, 3.63) is 90.4 Å². The van der Waals surface area contributed by atoms with Gasteiger partial charge in [0.15, 0.2) is 11.5 Å². The summed E-state index contributed by atoms with van der Waals surface area (Å²) in [5.74, 6) is 1.81. The molecule has 0 aliphatic carbocycles. The summed E-state index contributed by atoms with van der Waals surface area (Å²) in [6.07, 6.45) is 3.75. The van der Waals surface area contributed by atoms with E-state index in [2.05, 4.69) is 4.99 Å². The molecule has 152 valence electrons. The molecular formula is C25H20N4O2. The number of aryl methyl sites for hydroxylation is 1. The Morgan fingerprint density at radius 2 is 1.48 bits per heavy atom. The second kappa shape index (κ2) is 7.91. The van der Waals surface area contributed by atoms with Gasteiger partial charge in [-0.2, -0.15) is 0 Å². The van der Waals surface area contributed by atoms with Gasteiger partial charge in [0, 0.05) is 6.42 Å². The lowest BCUT2D eigenvalue weighted by Crippen LogP contribution is -2.14. The van der Waals surface area contributed by atoms with Crippen LogP contribution in [0.15, 0.2) is 93.1 Å². The molecule has 0 aliphatic heterocycles. The Morgan fingerprint density at radius 1 is 0.839 bits per heavy atom. The second-order valence-electron chi connectivity index (χ2n) is 7.31. The minimum Gasteiger partial charge on any atom is -0.463 e. The zero-order valence-corrected chi connectivity index (χ0v) is 16.9. The van der Waals surface area contributed by atoms with Crippen molar-refractivity contribution in [2.45, 2.75) is 13.3 Å². The number of hydrogen-bond acceptors (Lipinski definition) is 5. The maximum Gasteiger partial charge on any atom is 0.154 e. The summed E-state index contributed by atoms with van der Waals surface area (Å²) in [5.41, 5.74) is 12.0. The quantitative estimate of drug-likeness (QED) is 0.298. The maximum atomic E-state index is 6.20. The van der Waals surface area contributed by atoms with Crippen molar-refractivity contribution in [2.24, 2.45) is 10.7 Å². The molecule has 6 nitrogen and oxygen atoms in total. The van der Waals surface area contributed by atoms with E-state index in [9.17, 15) is 0 Å². The number of hydrogen-bond donors (Lipinski definition) is 1. The molecule has 0 saturated heterocycles. The van der Waals surface area contributed by atoms with Crippen molar-refractivity contribution in [3.8, 4) is 22.9 Å². The second-order valence-corrected chi connectivity index (χ2v) is 7.31. The molecule has 0 bridgehead atoms. The van der Waals surface area contributed by atoms with E-state index in [1.807, 2.05) is 73.7 Å². The summed E-state index contributed by atoms with van der Waals surface area (Å²) in [6, 6.07) is 21.2. The van der Waals surface area contributed by atoms with Crippen LogP contribution in [0.4, 0.5) is 5.69 Å². The highest BCUT2D eigenvalue weighted by Crippen LogP contribution is 2.31. The van der Waals surface area contributed by atoms with E-state index >= 15 is 0 Å². The molecule has 3 aromatic heterocycles. The number of fused-ring (bicyclic) bond motifs is 1. The van der Waals surface area contributed by atoms with Crippen molar-refractivity contribution in [1.82, 2.24) is 9.97 Å². The highest BCUT2D eigenvalue weighted by molar-refractivity contribution is 5.88. The largest absolute Gasteiger partial charge is 0.463 e. The Morgan fingerprint density at radius 3 is 2.10 bits per heavy atom. The molecule has 3 heterocycles. The summed E-state index contributed by atoms with van der Waals surface area (Å²) in [6.45, 7) is 2.04. The third kappa shape index (κ3) is 3.96. The first-order chi connectivity index (χ1) is 15.2. The number of furan rings is 2. The van der Waals surface area contributed by atoms with Gasteiger partial charge in [-0.15, -0.1) is 0 Å². The van der Waals surface area contributed by atoms with Crippen LogP contribution in [-0.2, 0) is 6.42 Å². The summed E-state index contributed by atoms with van der Waals surface area (Å²) in [5, 5.41) is 0. The van der Waals surface area contributed by atoms with Crippen LogP contribution in [0.25, 0.3) is 33.9 Å². The SMILES string of the molecule is Cc1ccc(N=C(N)Cc2ccc3nc(-c4ccco4)c(-c4ccco4)nc3c2)cc1. The number of nitrogens with two attached hydrogens (primary N) is 1. The molecule has 0 amide bonds. The third-order valence-electron chi connectivity index (χ3n) is 4.93. The first-order valence-corrected chi connectivity index (χ1v) is 9.94. The zero-order chi connectivity index (χ0) is 21.2. The van der Waals surface area contributed by atoms with E-state index in [1.54, 1.807) is 12.5 Å². The standard InChI is InChI=1S/C25H20N4O2/c1-16-6-9-18(10-7-16)27-23(26)15-17-8-11-19-20(14-17)29-25(22-5-3-13-31-22)24(28-19)21-4-2-12-30-21/h2-14H,15H2,1H3,(H2,26,27). The lowest BCUT2D eigenvalue weighted by molar-refractivity contribution is 0.572. The van der Waals surface area contributed by atoms with Crippen LogP contribution in [0.5, 0.6) is 0 Å². The summed E-state index contributed by atoms with van der Waals surface area (Å²) in [7, 11) is 0. The fourth-order valence-corrected chi connectivity index (χ4v) is 3.41. The van der Waals surface area contributed by atoms with Crippen LogP contribution in [0.1, 0.15) is 11.1 Å². The molecule has 2 N–H and O–H groups in total. The van der Waals surface area contributed by atoms with Crippen molar-refractivity contribution in [1.29, 1.82) is 0 Å². The first kappa shape index (κ1) is 18.8. The van der Waals surface area contributed by atoms with Gasteiger partial charge in [0.1, 0.15) is 17.2 Å². The Hall–Kier alpha value is -4.19. The number of aliphatic imine (C=N–C) groups is 1. The molecule has 0 fully saturated rings. The van der Waals surface area contributed by atoms with Gasteiger partial charge in [-0.3, -0.25) is 0 Å². The minimum atomic E-state index is 0.515. The number of aromatic nitrogens is 2. The van der Waals surface area contributed by atoms with E-state index in [1.165, 1.54) is 5.56 Å². The van der Waals surface area contributed by atoms with Crippen LogP contribution < -0.4 is 5.73 Å². The smallest absolute Gasteiger partial charge is 0.154 e. The summed E-state index contributed by atoms with van der Waals surface area (Å²) >= 11 is 0. The van der Waals surface area contributed by atoms with Crippen molar-refractivity contribution < 1.29 is 8.83 Å². The zero-order valence-electron chi connectivity index (χ0n) is 16.9. The predicted molar refractivity (Wildman–Crippen MR) is 121 cm³/mol. The van der Waals surface area contributed by atoms with E-state index in [0.29, 0.717) is 35.2 Å². The molecule has 6 heteroatoms. The van der Waals surface area contributed by atoms with Crippen molar-refractivity contribution in [2.75, 3.05) is 0 Å². The normalized spacial score (nSPS) is 11.8. The Labute approximate surface area is 179 Å². The Balaban J connectivity index is 1.52. The number of benzene rings is 2. The molecule has 5 rings (SSSR count). The molecule has 0 aliphatic rings. The fourth-order valence-electron chi connectivity index (χ4n) is 3.41. The number of amidine groups is 1. The van der Waals surface area contributed by atoms with E-state index < -0.39 is 0 Å². The number of rotatable bonds is 5. The van der Waals surface area contributed by atoms with Gasteiger partial charge in [-0.05, 0) is 61.0 Å². The van der Waals surface area contributed by atoms with Gasteiger partial charge < -0.3 is 14.6 Å². The summed E-state index contributed by atoms with van der Waals surface area (Å²) < 4.78 is 11.2. The van der Waals surface area contributed by atoms with Crippen molar-refractivity contribution >= 4 is 22.6 Å². The molecule has 0 spiro atoms. The van der Waals surface area contributed by atoms with Crippen LogP contribution in [0.3, 0.4) is 0 Å². The van der Waals surface area contributed by atoms with Gasteiger partial charge in [-0.1, -0.05) is 23.8 Å². The van der Waals surface area contributed by atoms with Crippen LogP contribution in [-0.4, -0.2) is 15.8 Å². The van der Waals surface area contributed by atoms with Gasteiger partial charge in [0.2, 0.25) is 0 Å². The predicted octanol–water partition coefficient (Wildman–Crippen LogP) is 5.69. The van der Waals surface area contributed by atoms with E-state index in [-0.39, 0.29) is 0 Å². The molecular weight excluding hydrogens is 388 g/mol. The van der Waals surface area contributed by atoms with Gasteiger partial charge in [0.05, 0.1) is 29.2 Å². The van der Waals surface area contributed by atoms with E-state index in [4.69, 9.17) is 24.5 Å². The molecule has 0 atom stereocenters. The average molecular weight is 408 g/mol. The minimum absolute atomic E-state index is 0.515. The molecule has 0 saturated carbocycles. The highest BCUT2D eigenvalue weighted by Gasteiger charge is 2.17. The van der Waals surface area contributed by atoms with Gasteiger partial charge >= 0.3 is 0 Å². The molecule has 5 aromatic rings. The monoisotopic (exact) mass is 408 g/mol. The van der Waals surface area contributed by atoms with Gasteiger partial charge in [-0.25, -0.2) is 15.0 Å². The topological polar surface area (TPSA) is 90.4 Å². The fraction of sp³-hybridized carbons (Fsp3) is 0.0800. The lowest BCUT2D eigenvalue weighted by atomic mass is 10.1. The maximum absolute atomic E-state index is 6.20. The van der Waals surface area contributed by atoms with Gasteiger partial charge in [0.25, 0.3) is 0 Å². The summed E-state index contributed by atoms with van der Waals surface area (Å²) in [4.78, 5) is 14.1. The highest BCUT2D eigenvalue weighted by atomic mass is 16.3. The molecule has 0 radical (unpaired) electrons. The third-order valence-corrected chi connectivity index (χ3v) is 4.93. The Kier molecular flexibility index (Phi) is 4.80. The lowest BCUT2D eigenvalue weighted by Gasteiger charge is -2.08. The first-order valence-electron chi connectivity index (χ1n) is 9.94. The van der Waals surface area contributed by atoms with Crippen LogP contribution in [0.2, 0.25) is 0 Å². The Bertz CT molecular complexity index is 1350. The molecule has 0 unspecified atom stereocenters. The average Bonchev–Trinajstić information content (AvgIpc) is 3.49. The van der Waals surface area contributed by atoms with Crippen molar-refractivity contribution in [3.63, 3.8) is 0 Å². The number of nitrogens with zero attached hydrogens (tertiary/aromatic N) is 3.